The average molecular weight is 488 g/mol. The number of carbonyl (C=O) groups is 2. The summed E-state index contributed by atoms with van der Waals surface area (Å²) < 4.78 is 16.2. The van der Waals surface area contributed by atoms with Crippen molar-refractivity contribution in [3.8, 4) is 17.1 Å². The van der Waals surface area contributed by atoms with E-state index >= 15 is 0 Å². The van der Waals surface area contributed by atoms with Crippen molar-refractivity contribution in [2.75, 3.05) is 17.7 Å². The van der Waals surface area contributed by atoms with Crippen LogP contribution in [0.1, 0.15) is 16.3 Å². The van der Waals surface area contributed by atoms with Gasteiger partial charge in [0.05, 0.1) is 19.1 Å². The third-order valence-corrected chi connectivity index (χ3v) is 4.98. The minimum Gasteiger partial charge on any atom is -0.495 e. The van der Waals surface area contributed by atoms with Gasteiger partial charge in [0.1, 0.15) is 17.3 Å². The first-order valence-corrected chi connectivity index (χ1v) is 10.9. The van der Waals surface area contributed by atoms with Crippen LogP contribution in [0.3, 0.4) is 0 Å². The smallest absolute Gasteiger partial charge is 0.291 e. The summed E-state index contributed by atoms with van der Waals surface area (Å²) in [4.78, 5) is 24.6. The molecule has 4 rings (SSSR count). The van der Waals surface area contributed by atoms with E-state index in [1.54, 1.807) is 42.5 Å². The Kier molecular flexibility index (Phi) is 7.39. The van der Waals surface area contributed by atoms with Gasteiger partial charge in [0.15, 0.2) is 10.9 Å². The molecule has 0 saturated heterocycles. The summed E-state index contributed by atoms with van der Waals surface area (Å²) in [5, 5.41) is 8.25. The topological polar surface area (TPSA) is 106 Å². The van der Waals surface area contributed by atoms with Gasteiger partial charge in [0.2, 0.25) is 5.91 Å². The average Bonchev–Trinajstić information content (AvgIpc) is 3.56. The van der Waals surface area contributed by atoms with Gasteiger partial charge in [-0.1, -0.05) is 30.3 Å². The van der Waals surface area contributed by atoms with E-state index in [-0.39, 0.29) is 10.9 Å². The number of anilines is 2. The largest absolute Gasteiger partial charge is 0.495 e. The minimum absolute atomic E-state index is 0.0527. The molecule has 2 aromatic heterocycles. The maximum Gasteiger partial charge on any atom is 0.291 e. The van der Waals surface area contributed by atoms with Crippen LogP contribution in [0, 0.1) is 0 Å². The molecule has 2 aromatic carbocycles. The molecule has 8 nitrogen and oxygen atoms in total. The maximum absolute atomic E-state index is 12.3. The zero-order valence-electron chi connectivity index (χ0n) is 18.6. The van der Waals surface area contributed by atoms with Gasteiger partial charge in [0, 0.05) is 17.3 Å². The fourth-order valence-corrected chi connectivity index (χ4v) is 3.36. The van der Waals surface area contributed by atoms with Crippen molar-refractivity contribution in [1.82, 2.24) is 5.32 Å². The van der Waals surface area contributed by atoms with E-state index in [4.69, 9.17) is 25.8 Å². The van der Waals surface area contributed by atoms with E-state index in [1.165, 1.54) is 19.4 Å². The number of hydrogen-bond acceptors (Lipinski definition) is 6. The van der Waals surface area contributed by atoms with Crippen molar-refractivity contribution in [3.05, 3.63) is 96.7 Å². The molecule has 0 aliphatic carbocycles. The number of nitrogens with one attached hydrogen (secondary N) is 3. The van der Waals surface area contributed by atoms with E-state index in [0.29, 0.717) is 28.6 Å². The van der Waals surface area contributed by atoms with Crippen LogP contribution in [0.15, 0.2) is 94.0 Å². The van der Waals surface area contributed by atoms with Gasteiger partial charge >= 0.3 is 0 Å². The molecule has 0 saturated carbocycles. The molecule has 0 radical (unpaired) electrons. The Hall–Kier alpha value is -4.63. The Morgan fingerprint density at radius 1 is 0.971 bits per heavy atom. The monoisotopic (exact) mass is 487 g/mol. The van der Waals surface area contributed by atoms with Crippen LogP contribution in [0.4, 0.5) is 11.4 Å². The Labute approximate surface area is 206 Å². The molecule has 4 aromatic rings. The van der Waals surface area contributed by atoms with E-state index in [9.17, 15) is 9.59 Å². The van der Waals surface area contributed by atoms with Crippen molar-refractivity contribution < 1.29 is 23.2 Å². The van der Waals surface area contributed by atoms with E-state index < -0.39 is 11.8 Å². The lowest BCUT2D eigenvalue weighted by Gasteiger charge is -2.14. The summed E-state index contributed by atoms with van der Waals surface area (Å²) in [6.07, 6.45) is 4.29. The normalized spacial score (nSPS) is 10.7. The number of thiocarbonyl (C=S) groups is 1. The predicted octanol–water partition coefficient (Wildman–Crippen LogP) is 5.33. The lowest BCUT2D eigenvalue weighted by Crippen LogP contribution is -2.33. The van der Waals surface area contributed by atoms with Crippen LogP contribution < -0.4 is 20.7 Å². The summed E-state index contributed by atoms with van der Waals surface area (Å²) in [6, 6.07) is 21.4. The number of rotatable bonds is 7. The molecule has 2 heterocycles. The van der Waals surface area contributed by atoms with Crippen molar-refractivity contribution >= 4 is 46.6 Å². The van der Waals surface area contributed by atoms with Gasteiger partial charge in [-0.15, -0.1) is 0 Å². The molecule has 9 heteroatoms. The van der Waals surface area contributed by atoms with Crippen LogP contribution in [-0.4, -0.2) is 24.0 Å². The third kappa shape index (κ3) is 6.24. The maximum atomic E-state index is 12.3. The highest BCUT2D eigenvalue weighted by molar-refractivity contribution is 7.80. The first-order chi connectivity index (χ1) is 17.0. The zero-order valence-corrected chi connectivity index (χ0v) is 19.4. The summed E-state index contributed by atoms with van der Waals surface area (Å²) in [5.74, 6) is 1.03. The van der Waals surface area contributed by atoms with E-state index in [1.807, 2.05) is 36.4 Å². The molecule has 0 bridgehead atoms. The number of methoxy groups -OCH3 is 1. The zero-order chi connectivity index (χ0) is 24.6. The van der Waals surface area contributed by atoms with Gasteiger partial charge in [-0.25, -0.2) is 0 Å². The van der Waals surface area contributed by atoms with E-state index in [0.717, 1.165) is 5.56 Å². The Bertz CT molecular complexity index is 1360. The Morgan fingerprint density at radius 3 is 2.54 bits per heavy atom. The molecule has 0 aliphatic heterocycles. The second kappa shape index (κ2) is 11.0. The molecule has 0 fully saturated rings. The fourth-order valence-electron chi connectivity index (χ4n) is 3.15. The van der Waals surface area contributed by atoms with Gasteiger partial charge < -0.3 is 24.2 Å². The lowest BCUT2D eigenvalue weighted by molar-refractivity contribution is -0.115. The Morgan fingerprint density at radius 2 is 1.80 bits per heavy atom. The van der Waals surface area contributed by atoms with Crippen molar-refractivity contribution in [2.24, 2.45) is 0 Å². The summed E-state index contributed by atoms with van der Waals surface area (Å²) in [7, 11) is 1.50. The van der Waals surface area contributed by atoms with E-state index in [2.05, 4.69) is 16.0 Å². The van der Waals surface area contributed by atoms with Gasteiger partial charge in [-0.05, 0) is 60.8 Å². The summed E-state index contributed by atoms with van der Waals surface area (Å²) in [6.45, 7) is 0. The number of carbonyl (C=O) groups excluding carboxylic acids is 2. The number of furan rings is 2. The van der Waals surface area contributed by atoms with Crippen molar-refractivity contribution in [3.63, 3.8) is 0 Å². The quantitative estimate of drug-likeness (QED) is 0.239. The van der Waals surface area contributed by atoms with Gasteiger partial charge in [-0.3, -0.25) is 14.9 Å². The highest BCUT2D eigenvalue weighted by Gasteiger charge is 2.12. The number of benzene rings is 2. The standard InChI is InChI=1S/C26H21N3O5S/c1-32-22-12-9-18(27-25(31)23-8-5-15-33-23)16-20(22)28-26(35)29-24(30)14-11-19-10-13-21(34-19)17-6-3-2-4-7-17/h2-16H,1H3,(H,27,31)(H2,28,29,30,35)/b14-11+. The third-order valence-electron chi connectivity index (χ3n) is 4.77. The lowest BCUT2D eigenvalue weighted by atomic mass is 10.2. The molecule has 35 heavy (non-hydrogen) atoms. The predicted molar refractivity (Wildman–Crippen MR) is 137 cm³/mol. The molecular weight excluding hydrogens is 466 g/mol. The summed E-state index contributed by atoms with van der Waals surface area (Å²) >= 11 is 5.26. The highest BCUT2D eigenvalue weighted by atomic mass is 32.1. The van der Waals surface area contributed by atoms with Crippen LogP contribution in [0.2, 0.25) is 0 Å². The number of ether oxygens (including phenoxy) is 1. The molecule has 2 amide bonds. The number of hydrogen-bond donors (Lipinski definition) is 3. The molecule has 0 atom stereocenters. The van der Waals surface area contributed by atoms with Crippen molar-refractivity contribution in [2.45, 2.75) is 0 Å². The molecular formula is C26H21N3O5S. The van der Waals surface area contributed by atoms with Gasteiger partial charge in [0.25, 0.3) is 5.91 Å². The highest BCUT2D eigenvalue weighted by Crippen LogP contribution is 2.28. The number of amides is 2. The van der Waals surface area contributed by atoms with Crippen molar-refractivity contribution in [1.29, 1.82) is 0 Å². The fraction of sp³-hybridized carbons (Fsp3) is 0.0385. The first-order valence-electron chi connectivity index (χ1n) is 10.5. The minimum atomic E-state index is -0.443. The molecule has 0 spiro atoms. The van der Waals surface area contributed by atoms with Gasteiger partial charge in [-0.2, -0.15) is 0 Å². The summed E-state index contributed by atoms with van der Waals surface area (Å²) in [5.41, 5.74) is 1.88. The molecule has 0 aliphatic rings. The Balaban J connectivity index is 1.36. The van der Waals surface area contributed by atoms with Crippen LogP contribution >= 0.6 is 12.2 Å². The first kappa shape index (κ1) is 23.5. The molecule has 0 unspecified atom stereocenters. The second-order valence-electron chi connectivity index (χ2n) is 7.19. The SMILES string of the molecule is COc1ccc(NC(=O)c2ccco2)cc1NC(=S)NC(=O)/C=C/c1ccc(-c2ccccc2)o1. The van der Waals surface area contributed by atoms with Crippen LogP contribution in [0.25, 0.3) is 17.4 Å². The second-order valence-corrected chi connectivity index (χ2v) is 7.60. The van der Waals surface area contributed by atoms with Crippen LogP contribution in [0.5, 0.6) is 5.75 Å². The van der Waals surface area contributed by atoms with Crippen LogP contribution in [-0.2, 0) is 4.79 Å². The molecule has 3 N–H and O–H groups in total. The molecule has 176 valence electrons.